The number of hydrogen-bond acceptors (Lipinski definition) is 3. The van der Waals surface area contributed by atoms with Crippen molar-refractivity contribution < 1.29 is 14.3 Å². The lowest BCUT2D eigenvalue weighted by atomic mass is 9.90. The van der Waals surface area contributed by atoms with Crippen LogP contribution in [0.4, 0.5) is 0 Å². The van der Waals surface area contributed by atoms with E-state index in [9.17, 15) is 9.59 Å². The lowest BCUT2D eigenvalue weighted by molar-refractivity contribution is -0.159. The van der Waals surface area contributed by atoms with Crippen molar-refractivity contribution in [3.8, 4) is 0 Å². The molecular weight excluding hydrogens is 256 g/mol. The number of amides is 2. The summed E-state index contributed by atoms with van der Waals surface area (Å²) in [6.07, 6.45) is 2.56. The standard InChI is InChI=1S/C15H26N2O3/c1-6-15(5)13(19)16-10(2)12(18)17(15)9-11-7-8-14(3,4)20-11/h10-11H,6-9H2,1-5H3,(H,16,19). The van der Waals surface area contributed by atoms with E-state index in [2.05, 4.69) is 19.2 Å². The third kappa shape index (κ3) is 2.55. The fraction of sp³-hybridized carbons (Fsp3) is 0.867. The molecule has 2 aliphatic heterocycles. The number of rotatable bonds is 3. The molecule has 0 bridgehead atoms. The fourth-order valence-electron chi connectivity index (χ4n) is 3.07. The van der Waals surface area contributed by atoms with Crippen LogP contribution in [0.5, 0.6) is 0 Å². The van der Waals surface area contributed by atoms with Crippen LogP contribution in [0.15, 0.2) is 0 Å². The Kier molecular flexibility index (Phi) is 3.84. The van der Waals surface area contributed by atoms with Crippen LogP contribution in [0.25, 0.3) is 0 Å². The summed E-state index contributed by atoms with van der Waals surface area (Å²) >= 11 is 0. The summed E-state index contributed by atoms with van der Waals surface area (Å²) in [5.41, 5.74) is -0.889. The molecule has 2 saturated heterocycles. The molecule has 2 heterocycles. The van der Waals surface area contributed by atoms with Crippen molar-refractivity contribution >= 4 is 11.8 Å². The summed E-state index contributed by atoms with van der Waals surface area (Å²) < 4.78 is 5.98. The number of nitrogens with one attached hydrogen (secondary N) is 1. The molecule has 2 aliphatic rings. The van der Waals surface area contributed by atoms with Gasteiger partial charge in [-0.3, -0.25) is 9.59 Å². The first-order valence-electron chi connectivity index (χ1n) is 7.50. The average molecular weight is 282 g/mol. The van der Waals surface area contributed by atoms with Gasteiger partial charge in [0.05, 0.1) is 11.7 Å². The predicted octanol–water partition coefficient (Wildman–Crippen LogP) is 1.46. The molecule has 114 valence electrons. The second-order valence-electron chi connectivity index (χ2n) is 6.81. The van der Waals surface area contributed by atoms with Crippen molar-refractivity contribution in [2.45, 2.75) is 77.2 Å². The molecule has 5 heteroatoms. The molecule has 0 saturated carbocycles. The maximum Gasteiger partial charge on any atom is 0.246 e. The minimum atomic E-state index is -0.764. The Morgan fingerprint density at radius 3 is 2.50 bits per heavy atom. The second kappa shape index (κ2) is 5.02. The van der Waals surface area contributed by atoms with Crippen LogP contribution in [0, 0.1) is 0 Å². The molecule has 3 atom stereocenters. The van der Waals surface area contributed by atoms with Crippen LogP contribution in [0.1, 0.15) is 53.9 Å². The van der Waals surface area contributed by atoms with Crippen molar-refractivity contribution in [3.05, 3.63) is 0 Å². The van der Waals surface area contributed by atoms with Gasteiger partial charge in [-0.25, -0.2) is 0 Å². The number of hydrogen-bond donors (Lipinski definition) is 1. The molecular formula is C15H26N2O3. The average Bonchev–Trinajstić information content (AvgIpc) is 2.72. The number of carbonyl (C=O) groups is 2. The maximum absolute atomic E-state index is 12.5. The third-order valence-corrected chi connectivity index (χ3v) is 4.70. The van der Waals surface area contributed by atoms with Crippen molar-refractivity contribution in [1.29, 1.82) is 0 Å². The van der Waals surface area contributed by atoms with E-state index in [0.717, 1.165) is 12.8 Å². The molecule has 2 rings (SSSR count). The van der Waals surface area contributed by atoms with Crippen LogP contribution in [0.3, 0.4) is 0 Å². The predicted molar refractivity (Wildman–Crippen MR) is 76.2 cm³/mol. The molecule has 0 aromatic rings. The van der Waals surface area contributed by atoms with Crippen LogP contribution < -0.4 is 5.32 Å². The molecule has 0 aromatic carbocycles. The van der Waals surface area contributed by atoms with Gasteiger partial charge in [0.1, 0.15) is 11.6 Å². The van der Waals surface area contributed by atoms with Crippen molar-refractivity contribution in [2.75, 3.05) is 6.54 Å². The molecule has 20 heavy (non-hydrogen) atoms. The van der Waals surface area contributed by atoms with Gasteiger partial charge in [0.15, 0.2) is 0 Å². The Bertz CT molecular complexity index is 421. The Morgan fingerprint density at radius 2 is 2.00 bits per heavy atom. The molecule has 3 unspecified atom stereocenters. The normalized spacial score (nSPS) is 37.1. The van der Waals surface area contributed by atoms with Crippen molar-refractivity contribution in [2.24, 2.45) is 0 Å². The second-order valence-corrected chi connectivity index (χ2v) is 6.81. The highest BCUT2D eigenvalue weighted by Crippen LogP contribution is 2.32. The van der Waals surface area contributed by atoms with E-state index < -0.39 is 11.6 Å². The molecule has 5 nitrogen and oxygen atoms in total. The zero-order valence-electron chi connectivity index (χ0n) is 13.2. The third-order valence-electron chi connectivity index (χ3n) is 4.70. The number of nitrogens with zero attached hydrogens (tertiary/aromatic N) is 1. The van der Waals surface area contributed by atoms with E-state index in [1.165, 1.54) is 0 Å². The van der Waals surface area contributed by atoms with E-state index >= 15 is 0 Å². The van der Waals surface area contributed by atoms with E-state index in [-0.39, 0.29) is 23.5 Å². The summed E-state index contributed by atoms with van der Waals surface area (Å²) in [6, 6.07) is -0.448. The van der Waals surface area contributed by atoms with E-state index in [1.54, 1.807) is 11.8 Å². The molecule has 0 spiro atoms. The van der Waals surface area contributed by atoms with Gasteiger partial charge in [0.2, 0.25) is 11.8 Å². The highest BCUT2D eigenvalue weighted by molar-refractivity contribution is 5.99. The smallest absolute Gasteiger partial charge is 0.246 e. The Balaban J connectivity index is 2.17. The van der Waals surface area contributed by atoms with Crippen LogP contribution in [-0.2, 0) is 14.3 Å². The van der Waals surface area contributed by atoms with Crippen LogP contribution in [-0.4, -0.2) is 46.5 Å². The van der Waals surface area contributed by atoms with Gasteiger partial charge in [0, 0.05) is 6.54 Å². The van der Waals surface area contributed by atoms with Gasteiger partial charge in [0.25, 0.3) is 0 Å². The maximum atomic E-state index is 12.5. The fourth-order valence-corrected chi connectivity index (χ4v) is 3.07. The summed E-state index contributed by atoms with van der Waals surface area (Å²) in [5.74, 6) is -0.0772. The molecule has 0 radical (unpaired) electrons. The summed E-state index contributed by atoms with van der Waals surface area (Å²) in [5, 5.41) is 2.77. The topological polar surface area (TPSA) is 58.6 Å². The van der Waals surface area contributed by atoms with Gasteiger partial charge < -0.3 is 15.0 Å². The lowest BCUT2D eigenvalue weighted by Gasteiger charge is -2.46. The van der Waals surface area contributed by atoms with Crippen LogP contribution >= 0.6 is 0 Å². The highest BCUT2D eigenvalue weighted by Gasteiger charge is 2.48. The minimum Gasteiger partial charge on any atom is -0.371 e. The molecule has 1 N–H and O–H groups in total. The number of ether oxygens (including phenoxy) is 1. The largest absolute Gasteiger partial charge is 0.371 e. The first-order valence-corrected chi connectivity index (χ1v) is 7.50. The van der Waals surface area contributed by atoms with E-state index in [4.69, 9.17) is 4.74 Å². The van der Waals surface area contributed by atoms with Crippen LogP contribution in [0.2, 0.25) is 0 Å². The summed E-state index contributed by atoms with van der Waals surface area (Å²) in [6.45, 7) is 10.2. The monoisotopic (exact) mass is 282 g/mol. The zero-order chi connectivity index (χ0) is 15.1. The Hall–Kier alpha value is -1.10. The van der Waals surface area contributed by atoms with Gasteiger partial charge in [-0.15, -0.1) is 0 Å². The Morgan fingerprint density at radius 1 is 1.35 bits per heavy atom. The minimum absolute atomic E-state index is 0.0118. The molecule has 2 fully saturated rings. The van der Waals surface area contributed by atoms with E-state index in [1.807, 2.05) is 13.8 Å². The molecule has 0 aromatic heterocycles. The van der Waals surface area contributed by atoms with Gasteiger partial charge >= 0.3 is 0 Å². The van der Waals surface area contributed by atoms with Crippen molar-refractivity contribution in [1.82, 2.24) is 10.2 Å². The number of carbonyl (C=O) groups excluding carboxylic acids is 2. The first kappa shape index (κ1) is 15.3. The highest BCUT2D eigenvalue weighted by atomic mass is 16.5. The van der Waals surface area contributed by atoms with E-state index in [0.29, 0.717) is 13.0 Å². The molecule has 0 aliphatic carbocycles. The van der Waals surface area contributed by atoms with Crippen molar-refractivity contribution in [3.63, 3.8) is 0 Å². The quantitative estimate of drug-likeness (QED) is 0.852. The first-order chi connectivity index (χ1) is 9.19. The van der Waals surface area contributed by atoms with Gasteiger partial charge in [-0.2, -0.15) is 0 Å². The zero-order valence-corrected chi connectivity index (χ0v) is 13.2. The SMILES string of the molecule is CCC1(C)C(=O)NC(C)C(=O)N1CC1CCC(C)(C)O1. The number of piperazine rings is 1. The summed E-state index contributed by atoms with van der Waals surface area (Å²) in [7, 11) is 0. The Labute approximate surface area is 121 Å². The van der Waals surface area contributed by atoms with Gasteiger partial charge in [-0.05, 0) is 47.0 Å². The lowest BCUT2D eigenvalue weighted by Crippen LogP contribution is -2.69. The van der Waals surface area contributed by atoms with Gasteiger partial charge in [-0.1, -0.05) is 6.92 Å². The molecule has 2 amide bonds. The summed E-state index contributed by atoms with van der Waals surface area (Å²) in [4.78, 5) is 26.4.